The van der Waals surface area contributed by atoms with Crippen molar-refractivity contribution in [2.75, 3.05) is 39.6 Å². The Morgan fingerprint density at radius 1 is 0.462 bits per heavy atom. The Morgan fingerprint density at radius 2 is 0.936 bits per heavy atom. The second kappa shape index (κ2) is 28.4. The molecule has 6 rings (SSSR count). The summed E-state index contributed by atoms with van der Waals surface area (Å²) >= 11 is 0. The van der Waals surface area contributed by atoms with Crippen molar-refractivity contribution in [2.24, 2.45) is 5.41 Å². The van der Waals surface area contributed by atoms with Gasteiger partial charge in [-0.3, -0.25) is 9.59 Å². The number of carbonyl (C=O) groups is 7. The van der Waals surface area contributed by atoms with Crippen molar-refractivity contribution in [3.63, 3.8) is 0 Å². The van der Waals surface area contributed by atoms with Crippen molar-refractivity contribution in [3.8, 4) is 34.5 Å². The first-order valence-electron chi connectivity index (χ1n) is 25.5. The van der Waals surface area contributed by atoms with Crippen LogP contribution in [0.4, 0.5) is 0 Å². The molecule has 0 N–H and O–H groups in total. The molecule has 16 heteroatoms. The minimum Gasteiger partial charge on any atom is -0.494 e. The van der Waals surface area contributed by atoms with Crippen molar-refractivity contribution < 1.29 is 76.2 Å². The summed E-state index contributed by atoms with van der Waals surface area (Å²) in [6.07, 6.45) is 5.25. The molecule has 0 aliphatic rings. The summed E-state index contributed by atoms with van der Waals surface area (Å²) in [6, 6.07) is 29.6. The van der Waals surface area contributed by atoms with E-state index in [-0.39, 0.29) is 84.3 Å². The number of ketones is 1. The molecule has 0 saturated heterocycles. The van der Waals surface area contributed by atoms with Crippen molar-refractivity contribution in [2.45, 2.75) is 79.6 Å². The number of hydrogen-bond donors (Lipinski definition) is 0. The van der Waals surface area contributed by atoms with Gasteiger partial charge in [-0.2, -0.15) is 0 Å². The Hall–Kier alpha value is -8.79. The van der Waals surface area contributed by atoms with Gasteiger partial charge in [-0.1, -0.05) is 37.4 Å². The smallest absolute Gasteiger partial charge is 0.343 e. The molecule has 0 aliphatic carbocycles. The Bertz CT molecular complexity index is 3180. The van der Waals surface area contributed by atoms with Gasteiger partial charge in [-0.25, -0.2) is 24.0 Å². The van der Waals surface area contributed by atoms with Crippen molar-refractivity contribution in [3.05, 3.63) is 156 Å². The van der Waals surface area contributed by atoms with Crippen LogP contribution in [0.3, 0.4) is 0 Å². The van der Waals surface area contributed by atoms with E-state index >= 15 is 0 Å². The van der Waals surface area contributed by atoms with Crippen LogP contribution in [0, 0.1) is 5.41 Å². The van der Waals surface area contributed by atoms with Crippen LogP contribution in [0.5, 0.6) is 34.5 Å². The van der Waals surface area contributed by atoms with Gasteiger partial charge in [0.2, 0.25) is 0 Å². The molecule has 0 atom stereocenters. The fourth-order valence-corrected chi connectivity index (χ4v) is 7.47. The summed E-state index contributed by atoms with van der Waals surface area (Å²) in [4.78, 5) is 87.9. The molecule has 0 amide bonds. The number of unbranched alkanes of at least 4 members (excludes halogenated alkanes) is 3. The lowest BCUT2D eigenvalue weighted by atomic mass is 9.97. The Balaban J connectivity index is 1.05. The van der Waals surface area contributed by atoms with Gasteiger partial charge in [0.25, 0.3) is 0 Å². The molecule has 78 heavy (non-hydrogen) atoms. The Morgan fingerprint density at radius 3 is 1.55 bits per heavy atom. The maximum Gasteiger partial charge on any atom is 0.343 e. The lowest BCUT2D eigenvalue weighted by Crippen LogP contribution is -2.23. The maximum absolute atomic E-state index is 13.6. The van der Waals surface area contributed by atoms with Crippen LogP contribution in [0.1, 0.15) is 110 Å². The third-order valence-corrected chi connectivity index (χ3v) is 11.6. The quantitative estimate of drug-likeness (QED) is 0.0147. The molecule has 0 saturated carbocycles. The zero-order valence-electron chi connectivity index (χ0n) is 44.6. The summed E-state index contributed by atoms with van der Waals surface area (Å²) in [7, 11) is 0. The Labute approximate surface area is 453 Å². The van der Waals surface area contributed by atoms with Crippen molar-refractivity contribution >= 4 is 63.1 Å². The zero-order chi connectivity index (χ0) is 56.2. The minimum absolute atomic E-state index is 0.0864. The van der Waals surface area contributed by atoms with Crippen LogP contribution in [0.25, 0.3) is 21.5 Å². The highest BCUT2D eigenvalue weighted by atomic mass is 16.6. The second-order valence-electron chi connectivity index (χ2n) is 19.3. The summed E-state index contributed by atoms with van der Waals surface area (Å²) in [5.41, 5.74) is 0.652. The predicted octanol–water partition coefficient (Wildman–Crippen LogP) is 11.7. The van der Waals surface area contributed by atoms with Gasteiger partial charge in [0, 0.05) is 36.5 Å². The molecule has 0 heterocycles. The molecule has 16 nitrogen and oxygen atoms in total. The first-order valence-corrected chi connectivity index (χ1v) is 25.5. The fraction of sp³-hybridized carbons (Fsp3) is 0.306. The molecule has 0 bridgehead atoms. The average molecular weight is 1070 g/mol. The van der Waals surface area contributed by atoms with E-state index in [0.717, 1.165) is 42.5 Å². The highest BCUT2D eigenvalue weighted by Crippen LogP contribution is 2.32. The second-order valence-corrected chi connectivity index (χ2v) is 19.3. The SMILES string of the molecule is C=CC(=O)OCCCCCCOc1ccc2cc(C(=O)Oc3ccc(OC(=O)c4ccc5cc(OC(=O)c6ccc(OCCCOC(=O)C(C)(C)C)c(OCCCOC(=O)C(=C)C)c6)ccc5c4)c(CC(C)=O)c3)ccc2c1. The molecule has 0 aliphatic heterocycles. The van der Waals surface area contributed by atoms with E-state index in [4.69, 9.17) is 42.6 Å². The lowest BCUT2D eigenvalue weighted by molar-refractivity contribution is -0.153. The van der Waals surface area contributed by atoms with Crippen LogP contribution in [-0.2, 0) is 39.8 Å². The highest BCUT2D eigenvalue weighted by Gasteiger charge is 2.23. The number of rotatable bonds is 28. The zero-order valence-corrected chi connectivity index (χ0v) is 44.6. The van der Waals surface area contributed by atoms with E-state index < -0.39 is 35.3 Å². The molecule has 0 radical (unpaired) electrons. The van der Waals surface area contributed by atoms with E-state index in [0.29, 0.717) is 59.5 Å². The molecule has 408 valence electrons. The highest BCUT2D eigenvalue weighted by molar-refractivity contribution is 5.99. The average Bonchev–Trinajstić information content (AvgIpc) is 3.43. The molecule has 0 spiro atoms. The minimum atomic E-state index is -0.699. The number of Topliss-reactive ketones (excluding diaryl/α,β-unsaturated/α-hetero) is 1. The molecule has 0 aromatic heterocycles. The van der Waals surface area contributed by atoms with E-state index in [1.54, 1.807) is 88.4 Å². The Kier molecular flexibility index (Phi) is 21.3. The van der Waals surface area contributed by atoms with Gasteiger partial charge in [0.15, 0.2) is 11.5 Å². The van der Waals surface area contributed by atoms with E-state index in [2.05, 4.69) is 13.2 Å². The number of esters is 6. The van der Waals surface area contributed by atoms with Crippen molar-refractivity contribution in [1.29, 1.82) is 0 Å². The van der Waals surface area contributed by atoms with Gasteiger partial charge in [0.05, 0.1) is 61.7 Å². The standard InChI is InChI=1S/C62H64O16/c1-8-56(64)73-28-12-10-9-11-27-70-50-22-19-42-34-46(17-15-44(42)36-50)58(66)77-52-24-26-53(49(38-52)33-41(4)63)78-60(68)47-18-16-45-37-51(23-20-43(45)35-47)76-59(67)48-21-25-54(71-29-14-32-75-61(69)62(5,6)7)55(39-48)72-30-13-31-74-57(65)40(2)3/h8,15-26,34-39H,1-2,9-14,27-33H2,3-7H3. The fourth-order valence-electron chi connectivity index (χ4n) is 7.47. The summed E-state index contributed by atoms with van der Waals surface area (Å²) in [5.74, 6) is -1.70. The van der Waals surface area contributed by atoms with Crippen LogP contribution in [0.2, 0.25) is 0 Å². The largest absolute Gasteiger partial charge is 0.494 e. The molecule has 0 unspecified atom stereocenters. The molecular weight excluding hydrogens is 1000 g/mol. The number of benzene rings is 6. The topological polar surface area (TPSA) is 203 Å². The molecule has 6 aromatic carbocycles. The monoisotopic (exact) mass is 1060 g/mol. The summed E-state index contributed by atoms with van der Waals surface area (Å²) in [5, 5.41) is 2.97. The summed E-state index contributed by atoms with van der Waals surface area (Å²) < 4.78 is 50.6. The van der Waals surface area contributed by atoms with Crippen LogP contribution >= 0.6 is 0 Å². The van der Waals surface area contributed by atoms with Gasteiger partial charge >= 0.3 is 35.8 Å². The van der Waals surface area contributed by atoms with Gasteiger partial charge < -0.3 is 42.6 Å². The normalized spacial score (nSPS) is 11.0. The maximum atomic E-state index is 13.6. The first kappa shape index (κ1) is 58.5. The number of ether oxygens (including phenoxy) is 9. The van der Waals surface area contributed by atoms with Gasteiger partial charge in [0.1, 0.15) is 28.8 Å². The van der Waals surface area contributed by atoms with Crippen LogP contribution in [-0.4, -0.2) is 81.2 Å². The van der Waals surface area contributed by atoms with E-state index in [9.17, 15) is 33.6 Å². The lowest BCUT2D eigenvalue weighted by Gasteiger charge is -2.17. The molecule has 0 fully saturated rings. The molecule has 6 aromatic rings. The van der Waals surface area contributed by atoms with E-state index in [1.807, 2.05) is 18.2 Å². The third kappa shape index (κ3) is 17.9. The summed E-state index contributed by atoms with van der Waals surface area (Å²) in [6.45, 7) is 16.7. The van der Waals surface area contributed by atoms with Gasteiger partial charge in [-0.05, 0) is 167 Å². The van der Waals surface area contributed by atoms with Crippen molar-refractivity contribution in [1.82, 2.24) is 0 Å². The number of hydrogen-bond acceptors (Lipinski definition) is 16. The number of fused-ring (bicyclic) bond motifs is 2. The molecular formula is C62H64O16. The number of carbonyl (C=O) groups excluding carboxylic acids is 7. The third-order valence-electron chi connectivity index (χ3n) is 11.6. The predicted molar refractivity (Wildman–Crippen MR) is 292 cm³/mol. The van der Waals surface area contributed by atoms with Gasteiger partial charge in [-0.15, -0.1) is 0 Å². The first-order chi connectivity index (χ1) is 37.4. The van der Waals surface area contributed by atoms with Crippen LogP contribution < -0.4 is 28.4 Å². The van der Waals surface area contributed by atoms with Crippen LogP contribution in [0.15, 0.2) is 134 Å². The van der Waals surface area contributed by atoms with E-state index in [1.165, 1.54) is 37.3 Å².